The first kappa shape index (κ1) is 15.4. The first-order chi connectivity index (χ1) is 12.2. The summed E-state index contributed by atoms with van der Waals surface area (Å²) in [5.41, 5.74) is 0.374. The number of carbonyl (C=O) groups is 2. The van der Waals surface area contributed by atoms with Crippen LogP contribution in [0.25, 0.3) is 0 Å². The Hall–Kier alpha value is -1.89. The number of amides is 2. The minimum absolute atomic E-state index is 0.0605. The van der Waals surface area contributed by atoms with Crippen LogP contribution in [-0.2, 0) is 9.53 Å². The van der Waals surface area contributed by atoms with Crippen LogP contribution in [0.15, 0.2) is 10.6 Å². The molecule has 134 valence electrons. The minimum Gasteiger partial charge on any atom is -0.370 e. The standard InChI is InChI=1S/C18H23N3O4/c22-17(19-11-2-1-3-11)13-6-12-8-21(9-16(13)24-12)18(23)14-7-15(25-20-14)10-4-5-10/h7,10-13,16H,1-6,8-9H2,(H,19,22). The van der Waals surface area contributed by atoms with Gasteiger partial charge in [0.05, 0.1) is 18.1 Å². The summed E-state index contributed by atoms with van der Waals surface area (Å²) in [5.74, 6) is 1.08. The molecule has 0 spiro atoms. The largest absolute Gasteiger partial charge is 0.370 e. The molecule has 2 amide bonds. The van der Waals surface area contributed by atoms with Crippen molar-refractivity contribution in [3.63, 3.8) is 0 Å². The van der Waals surface area contributed by atoms with Gasteiger partial charge in [-0.15, -0.1) is 0 Å². The number of ether oxygens (including phenoxy) is 1. The normalized spacial score (nSPS) is 31.7. The fourth-order valence-corrected chi connectivity index (χ4v) is 4.07. The Labute approximate surface area is 146 Å². The Morgan fingerprint density at radius 2 is 2.04 bits per heavy atom. The summed E-state index contributed by atoms with van der Waals surface area (Å²) >= 11 is 0. The Kier molecular flexibility index (Phi) is 3.58. The maximum absolute atomic E-state index is 12.7. The van der Waals surface area contributed by atoms with E-state index in [0.29, 0.717) is 37.2 Å². The predicted octanol–water partition coefficient (Wildman–Crippen LogP) is 1.45. The number of carbonyl (C=O) groups excluding carboxylic acids is 2. The van der Waals surface area contributed by atoms with E-state index in [1.807, 2.05) is 0 Å². The SMILES string of the molecule is O=C(NC1CCC1)C1CC2CN(C(=O)c3cc(C4CC4)on3)CC1O2. The first-order valence-electron chi connectivity index (χ1n) is 9.39. The number of nitrogens with zero attached hydrogens (tertiary/aromatic N) is 2. The molecule has 1 aromatic heterocycles. The highest BCUT2D eigenvalue weighted by atomic mass is 16.5. The van der Waals surface area contributed by atoms with Crippen LogP contribution in [0.5, 0.6) is 0 Å². The van der Waals surface area contributed by atoms with Gasteiger partial charge in [0.25, 0.3) is 5.91 Å². The van der Waals surface area contributed by atoms with Crippen LogP contribution in [0.4, 0.5) is 0 Å². The quantitative estimate of drug-likeness (QED) is 0.893. The molecule has 4 aliphatic rings. The molecular weight excluding hydrogens is 322 g/mol. The Morgan fingerprint density at radius 1 is 1.20 bits per heavy atom. The smallest absolute Gasteiger partial charge is 0.276 e. The van der Waals surface area contributed by atoms with Crippen LogP contribution in [0.3, 0.4) is 0 Å². The topological polar surface area (TPSA) is 84.7 Å². The third-order valence-electron chi connectivity index (χ3n) is 5.96. The molecule has 1 aromatic rings. The minimum atomic E-state index is -0.211. The van der Waals surface area contributed by atoms with Crippen LogP contribution < -0.4 is 5.32 Å². The summed E-state index contributed by atoms with van der Waals surface area (Å²) in [6.45, 7) is 0.970. The van der Waals surface area contributed by atoms with E-state index >= 15 is 0 Å². The van der Waals surface area contributed by atoms with Crippen molar-refractivity contribution in [1.82, 2.24) is 15.4 Å². The molecule has 2 saturated carbocycles. The zero-order valence-electron chi connectivity index (χ0n) is 14.1. The number of fused-ring (bicyclic) bond motifs is 2. The van der Waals surface area contributed by atoms with Gasteiger partial charge in [0.1, 0.15) is 5.76 Å². The number of nitrogens with one attached hydrogen (secondary N) is 1. The van der Waals surface area contributed by atoms with Crippen LogP contribution in [0.2, 0.25) is 0 Å². The van der Waals surface area contributed by atoms with Gasteiger partial charge < -0.3 is 19.5 Å². The molecule has 2 saturated heterocycles. The molecule has 2 bridgehead atoms. The van der Waals surface area contributed by atoms with E-state index in [1.54, 1.807) is 11.0 Å². The highest BCUT2D eigenvalue weighted by molar-refractivity contribution is 5.92. The van der Waals surface area contributed by atoms with Crippen molar-refractivity contribution in [1.29, 1.82) is 0 Å². The Morgan fingerprint density at radius 3 is 2.76 bits per heavy atom. The van der Waals surface area contributed by atoms with E-state index in [9.17, 15) is 9.59 Å². The molecule has 3 heterocycles. The average Bonchev–Trinajstić information content (AvgIpc) is 3.23. The lowest BCUT2D eigenvalue weighted by Crippen LogP contribution is -2.49. The van der Waals surface area contributed by atoms with Gasteiger partial charge in [-0.1, -0.05) is 5.16 Å². The molecule has 7 heteroatoms. The molecular formula is C18H23N3O4. The van der Waals surface area contributed by atoms with Gasteiger partial charge in [-0.05, 0) is 38.5 Å². The van der Waals surface area contributed by atoms with E-state index in [0.717, 1.165) is 31.4 Å². The van der Waals surface area contributed by atoms with Crippen LogP contribution >= 0.6 is 0 Å². The second-order valence-electron chi connectivity index (χ2n) is 7.87. The molecule has 2 aliphatic heterocycles. The number of aromatic nitrogens is 1. The first-order valence-corrected chi connectivity index (χ1v) is 9.39. The third-order valence-corrected chi connectivity index (χ3v) is 5.96. The molecule has 0 aromatic carbocycles. The van der Waals surface area contributed by atoms with Gasteiger partial charge in [-0.25, -0.2) is 0 Å². The van der Waals surface area contributed by atoms with Crippen molar-refractivity contribution >= 4 is 11.8 Å². The fraction of sp³-hybridized carbons (Fsp3) is 0.722. The summed E-state index contributed by atoms with van der Waals surface area (Å²) in [7, 11) is 0. The van der Waals surface area contributed by atoms with Gasteiger partial charge in [0.15, 0.2) is 5.69 Å². The van der Waals surface area contributed by atoms with Crippen LogP contribution in [-0.4, -0.2) is 53.2 Å². The van der Waals surface area contributed by atoms with Gasteiger partial charge >= 0.3 is 0 Å². The van der Waals surface area contributed by atoms with E-state index in [2.05, 4.69) is 10.5 Å². The molecule has 5 rings (SSSR count). The second-order valence-corrected chi connectivity index (χ2v) is 7.87. The highest BCUT2D eigenvalue weighted by Gasteiger charge is 2.46. The third kappa shape index (κ3) is 2.84. The van der Waals surface area contributed by atoms with Gasteiger partial charge in [-0.3, -0.25) is 9.59 Å². The zero-order valence-corrected chi connectivity index (χ0v) is 14.1. The predicted molar refractivity (Wildman–Crippen MR) is 86.9 cm³/mol. The molecule has 2 aliphatic carbocycles. The molecule has 4 fully saturated rings. The fourth-order valence-electron chi connectivity index (χ4n) is 4.07. The Bertz CT molecular complexity index is 694. The maximum atomic E-state index is 12.7. The average molecular weight is 345 g/mol. The summed E-state index contributed by atoms with van der Waals surface area (Å²) < 4.78 is 11.2. The van der Waals surface area contributed by atoms with Gasteiger partial charge in [0.2, 0.25) is 5.91 Å². The van der Waals surface area contributed by atoms with E-state index in [-0.39, 0.29) is 29.9 Å². The number of hydrogen-bond donors (Lipinski definition) is 1. The van der Waals surface area contributed by atoms with Crippen LogP contribution in [0, 0.1) is 5.92 Å². The van der Waals surface area contributed by atoms with Crippen molar-refractivity contribution in [3.8, 4) is 0 Å². The molecule has 7 nitrogen and oxygen atoms in total. The molecule has 25 heavy (non-hydrogen) atoms. The van der Waals surface area contributed by atoms with Crippen molar-refractivity contribution in [2.45, 2.75) is 62.7 Å². The lowest BCUT2D eigenvalue weighted by molar-refractivity contribution is -0.129. The summed E-state index contributed by atoms with van der Waals surface area (Å²) in [5, 5.41) is 7.07. The Balaban J connectivity index is 1.24. The van der Waals surface area contributed by atoms with E-state index in [4.69, 9.17) is 9.26 Å². The second kappa shape index (κ2) is 5.83. The maximum Gasteiger partial charge on any atom is 0.276 e. The summed E-state index contributed by atoms with van der Waals surface area (Å²) in [6.07, 6.45) is 6.00. The van der Waals surface area contributed by atoms with Crippen molar-refractivity contribution < 1.29 is 18.8 Å². The van der Waals surface area contributed by atoms with E-state index < -0.39 is 0 Å². The molecule has 3 atom stereocenters. The number of hydrogen-bond acceptors (Lipinski definition) is 5. The lowest BCUT2D eigenvalue weighted by atomic mass is 9.91. The lowest BCUT2D eigenvalue weighted by Gasteiger charge is -2.33. The monoisotopic (exact) mass is 345 g/mol. The molecule has 1 N–H and O–H groups in total. The van der Waals surface area contributed by atoms with Crippen molar-refractivity contribution in [2.75, 3.05) is 13.1 Å². The molecule has 0 radical (unpaired) electrons. The number of rotatable bonds is 4. The summed E-state index contributed by atoms with van der Waals surface area (Å²) in [4.78, 5) is 27.0. The molecule has 3 unspecified atom stereocenters. The van der Waals surface area contributed by atoms with Crippen molar-refractivity contribution in [2.24, 2.45) is 5.92 Å². The summed E-state index contributed by atoms with van der Waals surface area (Å²) in [6, 6.07) is 2.11. The number of likely N-dealkylation sites (tertiary alicyclic amines) is 1. The number of morpholine rings is 1. The van der Waals surface area contributed by atoms with Gasteiger partial charge in [-0.2, -0.15) is 0 Å². The van der Waals surface area contributed by atoms with Crippen molar-refractivity contribution in [3.05, 3.63) is 17.5 Å². The highest BCUT2D eigenvalue weighted by Crippen LogP contribution is 2.40. The van der Waals surface area contributed by atoms with E-state index in [1.165, 1.54) is 6.42 Å². The van der Waals surface area contributed by atoms with Crippen LogP contribution in [0.1, 0.15) is 60.7 Å². The zero-order chi connectivity index (χ0) is 17.0. The van der Waals surface area contributed by atoms with Gasteiger partial charge in [0, 0.05) is 31.1 Å².